The fraction of sp³-hybridized carbons (Fsp3) is 0.400. The number of hydrogen-bond donors (Lipinski definition) is 2. The summed E-state index contributed by atoms with van der Waals surface area (Å²) in [4.78, 5) is 13.3. The van der Waals surface area contributed by atoms with Crippen molar-refractivity contribution in [1.82, 2.24) is 15.3 Å². The maximum atomic E-state index is 13.1. The highest BCUT2D eigenvalue weighted by molar-refractivity contribution is 7.22. The number of thiophene rings is 1. The zero-order chi connectivity index (χ0) is 27.8. The summed E-state index contributed by atoms with van der Waals surface area (Å²) in [5, 5.41) is 6.90. The molecular weight excluding hydrogens is 519 g/mol. The van der Waals surface area contributed by atoms with E-state index in [2.05, 4.69) is 73.6 Å². The van der Waals surface area contributed by atoms with Crippen LogP contribution in [0.3, 0.4) is 0 Å². The molecule has 3 heterocycles. The summed E-state index contributed by atoms with van der Waals surface area (Å²) in [6.45, 7) is 10.4. The predicted octanol–water partition coefficient (Wildman–Crippen LogP) is 7.65. The Morgan fingerprint density at radius 3 is 2.36 bits per heavy atom. The van der Waals surface area contributed by atoms with Crippen molar-refractivity contribution in [2.75, 3.05) is 23.3 Å². The second-order valence-corrected chi connectivity index (χ2v) is 12.3. The molecule has 5 nitrogen and oxygen atoms in total. The zero-order valence-electron chi connectivity index (χ0n) is 22.7. The Morgan fingerprint density at radius 2 is 1.69 bits per heavy atom. The fourth-order valence-corrected chi connectivity index (χ4v) is 5.92. The number of alkyl halides is 3. The second-order valence-electron chi connectivity index (χ2n) is 11.3. The van der Waals surface area contributed by atoms with Gasteiger partial charge in [0.05, 0.1) is 15.8 Å². The van der Waals surface area contributed by atoms with Gasteiger partial charge < -0.3 is 15.5 Å². The van der Waals surface area contributed by atoms with Crippen LogP contribution in [0.5, 0.6) is 0 Å². The van der Waals surface area contributed by atoms with Gasteiger partial charge in [0.25, 0.3) is 0 Å². The van der Waals surface area contributed by atoms with Crippen LogP contribution in [0.4, 0.5) is 24.9 Å². The second kappa shape index (κ2) is 10.8. The molecule has 0 unspecified atom stereocenters. The van der Waals surface area contributed by atoms with Crippen LogP contribution in [-0.2, 0) is 12.7 Å². The number of nitrogens with zero attached hydrogens (tertiary/aromatic N) is 3. The summed E-state index contributed by atoms with van der Waals surface area (Å²) < 4.78 is 40.3. The molecule has 1 aliphatic rings. The SMILES string of the molecule is Cc1ccc(-c2cc3nc(NC(C)(C)C)nc(N4CCC(NCc5cccc(C(F)(F)F)c5)CC4)c3s2)cc1. The fourth-order valence-electron chi connectivity index (χ4n) is 4.80. The molecule has 2 aromatic heterocycles. The number of halogens is 3. The van der Waals surface area contributed by atoms with Gasteiger partial charge in [-0.3, -0.25) is 0 Å². The van der Waals surface area contributed by atoms with Crippen LogP contribution < -0.4 is 15.5 Å². The molecule has 1 fully saturated rings. The van der Waals surface area contributed by atoms with Crippen molar-refractivity contribution in [2.24, 2.45) is 0 Å². The van der Waals surface area contributed by atoms with E-state index in [1.165, 1.54) is 17.7 Å². The summed E-state index contributed by atoms with van der Waals surface area (Å²) in [6.07, 6.45) is -2.57. The van der Waals surface area contributed by atoms with E-state index in [4.69, 9.17) is 9.97 Å². The highest BCUT2D eigenvalue weighted by atomic mass is 32.1. The first-order valence-electron chi connectivity index (χ1n) is 13.3. The normalized spacial score (nSPS) is 15.2. The van der Waals surface area contributed by atoms with Crippen LogP contribution in [0, 0.1) is 6.92 Å². The van der Waals surface area contributed by atoms with Crippen LogP contribution in [0.2, 0.25) is 0 Å². The predicted molar refractivity (Wildman–Crippen MR) is 154 cm³/mol. The lowest BCUT2D eigenvalue weighted by Crippen LogP contribution is -2.42. The van der Waals surface area contributed by atoms with Gasteiger partial charge in [-0.2, -0.15) is 18.2 Å². The Labute approximate surface area is 231 Å². The number of benzene rings is 2. The van der Waals surface area contributed by atoms with Crippen molar-refractivity contribution >= 4 is 33.3 Å². The minimum Gasteiger partial charge on any atom is -0.355 e. The van der Waals surface area contributed by atoms with Crippen LogP contribution >= 0.6 is 11.3 Å². The van der Waals surface area contributed by atoms with Gasteiger partial charge in [-0.15, -0.1) is 11.3 Å². The minimum absolute atomic E-state index is 0.179. The number of piperidine rings is 1. The third-order valence-corrected chi connectivity index (χ3v) is 7.99. The molecule has 0 aliphatic carbocycles. The zero-order valence-corrected chi connectivity index (χ0v) is 23.5. The van der Waals surface area contributed by atoms with Crippen molar-refractivity contribution in [1.29, 1.82) is 0 Å². The van der Waals surface area contributed by atoms with E-state index < -0.39 is 11.7 Å². The van der Waals surface area contributed by atoms with E-state index in [-0.39, 0.29) is 11.6 Å². The molecule has 9 heteroatoms. The van der Waals surface area contributed by atoms with Gasteiger partial charge in [0.15, 0.2) is 5.82 Å². The van der Waals surface area contributed by atoms with E-state index in [1.807, 2.05) is 0 Å². The summed E-state index contributed by atoms with van der Waals surface area (Å²) in [5.41, 5.74) is 3.17. The van der Waals surface area contributed by atoms with Crippen molar-refractivity contribution in [3.8, 4) is 10.4 Å². The minimum atomic E-state index is -4.33. The first-order chi connectivity index (χ1) is 18.4. The van der Waals surface area contributed by atoms with Crippen LogP contribution in [0.1, 0.15) is 50.3 Å². The molecule has 39 heavy (non-hydrogen) atoms. The van der Waals surface area contributed by atoms with Gasteiger partial charge in [-0.1, -0.05) is 48.0 Å². The van der Waals surface area contributed by atoms with E-state index in [9.17, 15) is 13.2 Å². The van der Waals surface area contributed by atoms with Gasteiger partial charge in [0.1, 0.15) is 0 Å². The summed E-state index contributed by atoms with van der Waals surface area (Å²) >= 11 is 1.71. The molecule has 5 rings (SSSR count). The van der Waals surface area contributed by atoms with Gasteiger partial charge in [0, 0.05) is 36.1 Å². The topological polar surface area (TPSA) is 53.1 Å². The third-order valence-electron chi connectivity index (χ3n) is 6.82. The lowest BCUT2D eigenvalue weighted by Gasteiger charge is -2.34. The van der Waals surface area contributed by atoms with Crippen molar-refractivity contribution in [3.05, 3.63) is 71.3 Å². The highest BCUT2D eigenvalue weighted by Gasteiger charge is 2.30. The van der Waals surface area contributed by atoms with Crippen LogP contribution in [0.25, 0.3) is 20.7 Å². The summed E-state index contributed by atoms with van der Waals surface area (Å²) in [5.74, 6) is 1.55. The maximum absolute atomic E-state index is 13.1. The average molecular weight is 554 g/mol. The molecule has 0 atom stereocenters. The number of anilines is 2. The Bertz CT molecular complexity index is 1430. The number of fused-ring (bicyclic) bond motifs is 1. The molecular formula is C30H34F3N5S. The van der Waals surface area contributed by atoms with Gasteiger partial charge >= 0.3 is 6.18 Å². The molecule has 0 spiro atoms. The van der Waals surface area contributed by atoms with E-state index in [1.54, 1.807) is 17.4 Å². The third kappa shape index (κ3) is 6.70. The molecule has 2 N–H and O–H groups in total. The van der Waals surface area contributed by atoms with Crippen molar-refractivity contribution in [3.63, 3.8) is 0 Å². The number of rotatable bonds is 6. The molecule has 0 radical (unpaired) electrons. The van der Waals surface area contributed by atoms with Crippen molar-refractivity contribution in [2.45, 2.75) is 64.8 Å². The Morgan fingerprint density at radius 1 is 0.974 bits per heavy atom. The highest BCUT2D eigenvalue weighted by Crippen LogP contribution is 2.39. The molecule has 4 aromatic rings. The number of hydrogen-bond acceptors (Lipinski definition) is 6. The first kappa shape index (κ1) is 27.4. The van der Waals surface area contributed by atoms with Crippen molar-refractivity contribution < 1.29 is 13.2 Å². The quantitative estimate of drug-likeness (QED) is 0.257. The van der Waals surface area contributed by atoms with Gasteiger partial charge in [0.2, 0.25) is 5.95 Å². The monoisotopic (exact) mass is 553 g/mol. The number of aryl methyl sites for hydroxylation is 1. The van der Waals surface area contributed by atoms with E-state index in [0.717, 1.165) is 58.5 Å². The number of aromatic nitrogens is 2. The Kier molecular flexibility index (Phi) is 7.57. The van der Waals surface area contributed by atoms with Gasteiger partial charge in [-0.25, -0.2) is 4.98 Å². The average Bonchev–Trinajstić information content (AvgIpc) is 3.30. The van der Waals surface area contributed by atoms with Gasteiger partial charge in [-0.05, 0) is 63.8 Å². The standard InChI is InChI=1S/C30H34F3N5S/c1-19-8-10-21(11-9-19)25-17-24-26(39-25)27(36-28(35-24)37-29(2,3)4)38-14-12-23(13-15-38)34-18-20-6-5-7-22(16-20)30(31,32)33/h5-11,16-17,23,34H,12-15,18H2,1-4H3,(H,35,36,37). The molecule has 1 aliphatic heterocycles. The van der Waals surface area contributed by atoms with E-state index in [0.29, 0.717) is 18.1 Å². The first-order valence-corrected chi connectivity index (χ1v) is 14.1. The van der Waals surface area contributed by atoms with Crippen LogP contribution in [-0.4, -0.2) is 34.6 Å². The Balaban J connectivity index is 1.33. The molecule has 2 aromatic carbocycles. The van der Waals surface area contributed by atoms with Crippen LogP contribution in [0.15, 0.2) is 54.6 Å². The summed E-state index contributed by atoms with van der Waals surface area (Å²) in [7, 11) is 0. The Hall–Kier alpha value is -3.17. The maximum Gasteiger partial charge on any atom is 0.416 e. The summed E-state index contributed by atoms with van der Waals surface area (Å²) in [6, 6.07) is 16.4. The molecule has 0 saturated carbocycles. The largest absolute Gasteiger partial charge is 0.416 e. The molecule has 0 amide bonds. The lowest BCUT2D eigenvalue weighted by atomic mass is 10.0. The molecule has 206 valence electrons. The lowest BCUT2D eigenvalue weighted by molar-refractivity contribution is -0.137. The smallest absolute Gasteiger partial charge is 0.355 e. The molecule has 0 bridgehead atoms. The van der Waals surface area contributed by atoms with E-state index >= 15 is 0 Å². The molecule has 1 saturated heterocycles. The number of nitrogens with one attached hydrogen (secondary N) is 2.